The molecule has 0 spiro atoms. The van der Waals surface area contributed by atoms with Gasteiger partial charge < -0.3 is 15.3 Å². The molecule has 132 valence electrons. The van der Waals surface area contributed by atoms with Crippen molar-refractivity contribution < 1.29 is 19.5 Å². The average Bonchev–Trinajstić information content (AvgIpc) is 2.45. The topological polar surface area (TPSA) is 86.7 Å². The Morgan fingerprint density at radius 2 is 1.79 bits per heavy atom. The number of benzene rings is 1. The molecule has 1 aromatic carbocycles. The largest absolute Gasteiger partial charge is 0.480 e. The van der Waals surface area contributed by atoms with Crippen LogP contribution in [0.25, 0.3) is 0 Å². The van der Waals surface area contributed by atoms with Gasteiger partial charge in [0.2, 0.25) is 11.8 Å². The van der Waals surface area contributed by atoms with Crippen molar-refractivity contribution in [2.45, 2.75) is 33.2 Å². The van der Waals surface area contributed by atoms with Crippen molar-refractivity contribution in [3.05, 3.63) is 34.9 Å². The molecule has 0 aliphatic rings. The normalized spacial score (nSPS) is 11.9. The number of carbonyl (C=O) groups is 3. The molecule has 1 atom stereocenters. The lowest BCUT2D eigenvalue weighted by atomic mass is 10.0. The number of carboxylic acids is 1. The van der Waals surface area contributed by atoms with Gasteiger partial charge >= 0.3 is 5.97 Å². The fourth-order valence-corrected chi connectivity index (χ4v) is 2.48. The Bertz CT molecular complexity index is 587. The molecule has 0 aliphatic carbocycles. The summed E-state index contributed by atoms with van der Waals surface area (Å²) in [6.07, 6.45) is -0.0127. The average molecular weight is 355 g/mol. The van der Waals surface area contributed by atoms with Gasteiger partial charge in [-0.15, -0.1) is 0 Å². The van der Waals surface area contributed by atoms with Gasteiger partial charge in [-0.3, -0.25) is 14.4 Å². The van der Waals surface area contributed by atoms with E-state index < -0.39 is 12.0 Å². The molecule has 0 aliphatic heterocycles. The predicted octanol–water partition coefficient (Wildman–Crippen LogP) is 2.48. The first-order chi connectivity index (χ1) is 11.2. The van der Waals surface area contributed by atoms with Crippen LogP contribution in [0.3, 0.4) is 0 Å². The Kier molecular flexibility index (Phi) is 7.71. The van der Waals surface area contributed by atoms with Crippen LogP contribution in [-0.2, 0) is 14.4 Å². The van der Waals surface area contributed by atoms with Crippen LogP contribution in [-0.4, -0.2) is 40.9 Å². The van der Waals surface area contributed by atoms with Crippen molar-refractivity contribution in [2.75, 3.05) is 13.1 Å². The highest BCUT2D eigenvalue weighted by Crippen LogP contribution is 2.21. The molecular formula is C17H23ClN2O4. The Balaban J connectivity index is 2.93. The smallest absolute Gasteiger partial charge is 0.323 e. The fourth-order valence-electron chi connectivity index (χ4n) is 2.35. The summed E-state index contributed by atoms with van der Waals surface area (Å²) >= 11 is 5.87. The minimum Gasteiger partial charge on any atom is -0.480 e. The molecule has 0 fully saturated rings. The van der Waals surface area contributed by atoms with Crippen LogP contribution in [0.1, 0.15) is 38.8 Å². The van der Waals surface area contributed by atoms with Crippen LogP contribution < -0.4 is 5.32 Å². The standard InChI is InChI=1S/C17H23ClN2O4/c1-11(2)9-20(10-17(23)24)16(22)8-15(19-12(3)21)13-4-6-14(18)7-5-13/h4-7,11,15H,8-10H2,1-3H3,(H,19,21)(H,23,24). The molecule has 0 saturated carbocycles. The van der Waals surface area contributed by atoms with Crippen molar-refractivity contribution in [1.82, 2.24) is 10.2 Å². The van der Waals surface area contributed by atoms with E-state index in [2.05, 4.69) is 5.32 Å². The van der Waals surface area contributed by atoms with Crippen LogP contribution in [0.15, 0.2) is 24.3 Å². The summed E-state index contributed by atoms with van der Waals surface area (Å²) in [6.45, 7) is 5.18. The summed E-state index contributed by atoms with van der Waals surface area (Å²) in [6, 6.07) is 6.30. The number of carboxylic acid groups (broad SMARTS) is 1. The SMILES string of the molecule is CC(=O)NC(CC(=O)N(CC(=O)O)CC(C)C)c1ccc(Cl)cc1. The first kappa shape index (κ1) is 20.0. The highest BCUT2D eigenvalue weighted by molar-refractivity contribution is 6.30. The molecule has 0 bridgehead atoms. The fraction of sp³-hybridized carbons (Fsp3) is 0.471. The van der Waals surface area contributed by atoms with Gasteiger partial charge in [-0.2, -0.15) is 0 Å². The van der Waals surface area contributed by atoms with Gasteiger partial charge in [0.05, 0.1) is 12.5 Å². The predicted molar refractivity (Wildman–Crippen MR) is 91.7 cm³/mol. The van der Waals surface area contributed by atoms with Gasteiger partial charge in [0.1, 0.15) is 6.54 Å². The van der Waals surface area contributed by atoms with Crippen molar-refractivity contribution in [3.8, 4) is 0 Å². The Hall–Kier alpha value is -2.08. The second-order valence-corrected chi connectivity index (χ2v) is 6.51. The van der Waals surface area contributed by atoms with E-state index in [-0.39, 0.29) is 30.7 Å². The van der Waals surface area contributed by atoms with Gasteiger partial charge in [-0.05, 0) is 23.6 Å². The van der Waals surface area contributed by atoms with Crippen LogP contribution in [0.5, 0.6) is 0 Å². The summed E-state index contributed by atoms with van der Waals surface area (Å²) in [5, 5.41) is 12.3. The van der Waals surface area contributed by atoms with Crippen LogP contribution >= 0.6 is 11.6 Å². The summed E-state index contributed by atoms with van der Waals surface area (Å²) in [4.78, 5) is 36.3. The zero-order chi connectivity index (χ0) is 18.3. The molecule has 1 aromatic rings. The van der Waals surface area contributed by atoms with E-state index >= 15 is 0 Å². The third-order valence-electron chi connectivity index (χ3n) is 3.29. The van der Waals surface area contributed by atoms with E-state index in [4.69, 9.17) is 16.7 Å². The van der Waals surface area contributed by atoms with Gasteiger partial charge in [0.25, 0.3) is 0 Å². The Morgan fingerprint density at radius 1 is 1.21 bits per heavy atom. The number of carbonyl (C=O) groups excluding carboxylic acids is 2. The highest BCUT2D eigenvalue weighted by Gasteiger charge is 2.23. The molecule has 1 rings (SSSR count). The van der Waals surface area contributed by atoms with E-state index in [9.17, 15) is 14.4 Å². The van der Waals surface area contributed by atoms with E-state index in [0.717, 1.165) is 5.56 Å². The monoisotopic (exact) mass is 354 g/mol. The minimum absolute atomic E-state index is 0.0127. The zero-order valence-electron chi connectivity index (χ0n) is 14.1. The molecule has 2 amide bonds. The maximum Gasteiger partial charge on any atom is 0.323 e. The first-order valence-electron chi connectivity index (χ1n) is 7.71. The van der Waals surface area contributed by atoms with Crippen molar-refractivity contribution in [3.63, 3.8) is 0 Å². The van der Waals surface area contributed by atoms with Crippen molar-refractivity contribution in [1.29, 1.82) is 0 Å². The number of hydrogen-bond donors (Lipinski definition) is 2. The Labute approximate surface area is 146 Å². The molecule has 2 N–H and O–H groups in total. The van der Waals surface area contributed by atoms with E-state index in [1.807, 2.05) is 13.8 Å². The Morgan fingerprint density at radius 3 is 2.25 bits per heavy atom. The maximum absolute atomic E-state index is 12.5. The molecular weight excluding hydrogens is 332 g/mol. The van der Waals surface area contributed by atoms with Gasteiger partial charge in [-0.1, -0.05) is 37.6 Å². The van der Waals surface area contributed by atoms with E-state index in [1.54, 1.807) is 24.3 Å². The molecule has 0 heterocycles. The molecule has 24 heavy (non-hydrogen) atoms. The van der Waals surface area contributed by atoms with Crippen molar-refractivity contribution >= 4 is 29.4 Å². The minimum atomic E-state index is -1.06. The van der Waals surface area contributed by atoms with Gasteiger partial charge in [0, 0.05) is 18.5 Å². The number of nitrogens with one attached hydrogen (secondary N) is 1. The number of amides is 2. The van der Waals surface area contributed by atoms with E-state index in [0.29, 0.717) is 11.6 Å². The molecule has 1 unspecified atom stereocenters. The summed E-state index contributed by atoms with van der Waals surface area (Å²) in [5.41, 5.74) is 0.739. The summed E-state index contributed by atoms with van der Waals surface area (Å²) < 4.78 is 0. The third-order valence-corrected chi connectivity index (χ3v) is 3.54. The zero-order valence-corrected chi connectivity index (χ0v) is 14.8. The maximum atomic E-state index is 12.5. The van der Waals surface area contributed by atoms with Crippen molar-refractivity contribution in [2.24, 2.45) is 5.92 Å². The summed E-state index contributed by atoms with van der Waals surface area (Å²) in [7, 11) is 0. The molecule has 6 nitrogen and oxygen atoms in total. The number of halogens is 1. The van der Waals surface area contributed by atoms with Crippen LogP contribution in [0.4, 0.5) is 0 Å². The number of rotatable bonds is 8. The lowest BCUT2D eigenvalue weighted by Crippen LogP contribution is -2.40. The molecule has 0 aromatic heterocycles. The number of nitrogens with zero attached hydrogens (tertiary/aromatic N) is 1. The van der Waals surface area contributed by atoms with Crippen LogP contribution in [0, 0.1) is 5.92 Å². The molecule has 0 radical (unpaired) electrons. The first-order valence-corrected chi connectivity index (χ1v) is 8.09. The quantitative estimate of drug-likeness (QED) is 0.750. The summed E-state index contributed by atoms with van der Waals surface area (Å²) in [5.74, 6) is -1.51. The lowest BCUT2D eigenvalue weighted by molar-refractivity contribution is -0.145. The second kappa shape index (κ2) is 9.27. The molecule has 7 heteroatoms. The van der Waals surface area contributed by atoms with E-state index in [1.165, 1.54) is 11.8 Å². The van der Waals surface area contributed by atoms with Gasteiger partial charge in [-0.25, -0.2) is 0 Å². The third kappa shape index (κ3) is 7.00. The van der Waals surface area contributed by atoms with Gasteiger partial charge in [0.15, 0.2) is 0 Å². The molecule has 0 saturated heterocycles. The number of aliphatic carboxylic acids is 1. The highest BCUT2D eigenvalue weighted by atomic mass is 35.5. The number of hydrogen-bond acceptors (Lipinski definition) is 3. The second-order valence-electron chi connectivity index (χ2n) is 6.07. The van der Waals surface area contributed by atoms with Crippen LogP contribution in [0.2, 0.25) is 5.02 Å². The lowest BCUT2D eigenvalue weighted by Gasteiger charge is -2.26.